The quantitative estimate of drug-likeness (QED) is 0.340. The number of piperazine rings is 1. The third-order valence-electron chi connectivity index (χ3n) is 6.71. The van der Waals surface area contributed by atoms with Gasteiger partial charge in [-0.15, -0.1) is 10.2 Å². The SMILES string of the molecule is CN1CCN(C(=O)c2ccccc2-n2cnc(Cn3nc(-c4ccc(Cl)cc4)n(C[C@H](O)C(F)(F)F)c3=O)n2)CC1=O. The van der Waals surface area contributed by atoms with Gasteiger partial charge in [-0.3, -0.25) is 14.2 Å². The summed E-state index contributed by atoms with van der Waals surface area (Å²) in [7, 11) is 1.67. The Morgan fingerprint density at radius 1 is 1.07 bits per heavy atom. The normalized spacial score (nSPS) is 14.9. The number of alkyl halides is 3. The Labute approximate surface area is 241 Å². The zero-order chi connectivity index (χ0) is 30.2. The molecule has 0 radical (unpaired) electrons. The minimum absolute atomic E-state index is 0.0587. The van der Waals surface area contributed by atoms with Gasteiger partial charge in [0.15, 0.2) is 17.8 Å². The number of carbonyl (C=O) groups excluding carboxylic acids is 2. The lowest BCUT2D eigenvalue weighted by Crippen LogP contribution is -2.50. The van der Waals surface area contributed by atoms with Crippen molar-refractivity contribution in [1.82, 2.24) is 38.9 Å². The number of aliphatic hydroxyl groups is 1. The van der Waals surface area contributed by atoms with Crippen molar-refractivity contribution in [3.8, 4) is 17.1 Å². The van der Waals surface area contributed by atoms with Crippen LogP contribution in [0.5, 0.6) is 0 Å². The highest BCUT2D eigenvalue weighted by molar-refractivity contribution is 6.30. The Balaban J connectivity index is 1.44. The summed E-state index contributed by atoms with van der Waals surface area (Å²) < 4.78 is 42.4. The molecule has 0 saturated carbocycles. The standard InChI is InChI=1S/C26H24ClF3N8O4/c1-34-10-11-35(14-22(34)40)24(41)18-4-2-3-5-19(18)38-15-31-21(32-38)13-37-25(42)36(12-20(39)26(28,29)30)23(33-37)16-6-8-17(27)9-7-16/h2-9,15,20,39H,10-14H2,1H3/t20-/m0/s1. The van der Waals surface area contributed by atoms with E-state index in [2.05, 4.69) is 15.2 Å². The van der Waals surface area contributed by atoms with Gasteiger partial charge in [-0.05, 0) is 36.4 Å². The van der Waals surface area contributed by atoms with Crippen LogP contribution in [0.1, 0.15) is 16.2 Å². The van der Waals surface area contributed by atoms with Gasteiger partial charge in [0.2, 0.25) is 5.91 Å². The molecule has 0 unspecified atom stereocenters. The first-order chi connectivity index (χ1) is 19.9. The molecule has 16 heteroatoms. The van der Waals surface area contributed by atoms with Crippen molar-refractivity contribution in [3.63, 3.8) is 0 Å². The fourth-order valence-electron chi connectivity index (χ4n) is 4.37. The zero-order valence-corrected chi connectivity index (χ0v) is 22.8. The molecule has 1 N–H and O–H groups in total. The monoisotopic (exact) mass is 604 g/mol. The van der Waals surface area contributed by atoms with E-state index >= 15 is 0 Å². The molecule has 2 aromatic carbocycles. The lowest BCUT2D eigenvalue weighted by atomic mass is 10.1. The van der Waals surface area contributed by atoms with Crippen LogP contribution in [-0.2, 0) is 17.9 Å². The number of hydrogen-bond acceptors (Lipinski definition) is 7. The number of rotatable bonds is 7. The molecular formula is C26H24ClF3N8O4. The van der Waals surface area contributed by atoms with Crippen LogP contribution in [0.25, 0.3) is 17.1 Å². The van der Waals surface area contributed by atoms with Gasteiger partial charge in [-0.1, -0.05) is 23.7 Å². The van der Waals surface area contributed by atoms with Gasteiger partial charge < -0.3 is 14.9 Å². The van der Waals surface area contributed by atoms with E-state index in [1.165, 1.54) is 40.2 Å². The summed E-state index contributed by atoms with van der Waals surface area (Å²) in [5, 5.41) is 18.6. The van der Waals surface area contributed by atoms with Crippen molar-refractivity contribution < 1.29 is 27.9 Å². The van der Waals surface area contributed by atoms with E-state index in [0.29, 0.717) is 29.4 Å². The van der Waals surface area contributed by atoms with Crippen molar-refractivity contribution >= 4 is 23.4 Å². The van der Waals surface area contributed by atoms with Crippen molar-refractivity contribution in [1.29, 1.82) is 0 Å². The Hall–Kier alpha value is -4.50. The molecule has 2 amide bonds. The van der Waals surface area contributed by atoms with E-state index in [0.717, 1.165) is 9.25 Å². The van der Waals surface area contributed by atoms with Crippen LogP contribution in [0.4, 0.5) is 13.2 Å². The number of para-hydroxylation sites is 1. The minimum atomic E-state index is -4.96. The number of aromatic nitrogens is 6. The molecule has 0 spiro atoms. The molecule has 3 heterocycles. The number of carbonyl (C=O) groups is 2. The van der Waals surface area contributed by atoms with E-state index in [1.807, 2.05) is 0 Å². The molecule has 1 aliphatic heterocycles. The maximum atomic E-state index is 13.3. The second-order valence-corrected chi connectivity index (χ2v) is 10.0. The van der Waals surface area contributed by atoms with Gasteiger partial charge in [-0.25, -0.2) is 19.1 Å². The summed E-state index contributed by atoms with van der Waals surface area (Å²) in [5.41, 5.74) is 0.0346. The van der Waals surface area contributed by atoms with Crippen LogP contribution >= 0.6 is 11.6 Å². The van der Waals surface area contributed by atoms with Gasteiger partial charge in [0.05, 0.1) is 17.8 Å². The van der Waals surface area contributed by atoms with Crippen LogP contribution in [-0.4, -0.2) is 94.8 Å². The molecule has 12 nitrogen and oxygen atoms in total. The van der Waals surface area contributed by atoms with Gasteiger partial charge in [-0.2, -0.15) is 13.2 Å². The Bertz CT molecular complexity index is 1680. The van der Waals surface area contributed by atoms with Crippen molar-refractivity contribution in [2.24, 2.45) is 0 Å². The second-order valence-electron chi connectivity index (χ2n) is 9.60. The summed E-state index contributed by atoms with van der Waals surface area (Å²) >= 11 is 5.92. The minimum Gasteiger partial charge on any atom is -0.382 e. The first-order valence-electron chi connectivity index (χ1n) is 12.6. The number of likely N-dealkylation sites (N-methyl/N-ethyl adjacent to an activating group) is 1. The first-order valence-corrected chi connectivity index (χ1v) is 13.0. The number of hydrogen-bond donors (Lipinski definition) is 1. The highest BCUT2D eigenvalue weighted by atomic mass is 35.5. The Morgan fingerprint density at radius 2 is 1.79 bits per heavy atom. The summed E-state index contributed by atoms with van der Waals surface area (Å²) in [6.07, 6.45) is -6.44. The Kier molecular flexibility index (Phi) is 7.88. The summed E-state index contributed by atoms with van der Waals surface area (Å²) in [5.74, 6) is -0.578. The van der Waals surface area contributed by atoms with Crippen LogP contribution in [0.3, 0.4) is 0 Å². The van der Waals surface area contributed by atoms with E-state index in [9.17, 15) is 32.7 Å². The number of amides is 2. The molecule has 1 aliphatic rings. The van der Waals surface area contributed by atoms with E-state index in [-0.39, 0.29) is 42.1 Å². The molecular weight excluding hydrogens is 581 g/mol. The molecule has 5 rings (SSSR count). The van der Waals surface area contributed by atoms with Gasteiger partial charge in [0.1, 0.15) is 19.4 Å². The predicted octanol–water partition coefficient (Wildman–Crippen LogP) is 1.83. The molecule has 220 valence electrons. The zero-order valence-electron chi connectivity index (χ0n) is 22.1. The van der Waals surface area contributed by atoms with Crippen molar-refractivity contribution in [2.45, 2.75) is 25.4 Å². The highest BCUT2D eigenvalue weighted by Gasteiger charge is 2.39. The Morgan fingerprint density at radius 3 is 2.48 bits per heavy atom. The number of nitrogens with zero attached hydrogens (tertiary/aromatic N) is 8. The second kappa shape index (κ2) is 11.4. The molecule has 1 saturated heterocycles. The average molecular weight is 605 g/mol. The number of aliphatic hydroxyl groups excluding tert-OH is 1. The fourth-order valence-corrected chi connectivity index (χ4v) is 4.50. The molecule has 2 aromatic heterocycles. The molecule has 4 aromatic rings. The van der Waals surface area contributed by atoms with Gasteiger partial charge in [0.25, 0.3) is 5.91 Å². The molecule has 1 atom stereocenters. The maximum Gasteiger partial charge on any atom is 0.416 e. The van der Waals surface area contributed by atoms with E-state index in [1.54, 1.807) is 36.2 Å². The topological polar surface area (TPSA) is 131 Å². The third kappa shape index (κ3) is 5.92. The predicted molar refractivity (Wildman–Crippen MR) is 143 cm³/mol. The van der Waals surface area contributed by atoms with Crippen LogP contribution in [0.15, 0.2) is 59.7 Å². The average Bonchev–Trinajstić information content (AvgIpc) is 3.54. The summed E-state index contributed by atoms with van der Waals surface area (Å²) in [4.78, 5) is 45.7. The molecule has 0 bridgehead atoms. The molecule has 0 aliphatic carbocycles. The van der Waals surface area contributed by atoms with E-state index < -0.39 is 24.5 Å². The van der Waals surface area contributed by atoms with Crippen LogP contribution in [0, 0.1) is 0 Å². The fraction of sp³-hybridized carbons (Fsp3) is 0.308. The number of benzene rings is 2. The molecule has 42 heavy (non-hydrogen) atoms. The van der Waals surface area contributed by atoms with Crippen molar-refractivity contribution in [2.75, 3.05) is 26.7 Å². The van der Waals surface area contributed by atoms with Gasteiger partial charge >= 0.3 is 11.9 Å². The lowest BCUT2D eigenvalue weighted by molar-refractivity contribution is -0.207. The first kappa shape index (κ1) is 29.0. The van der Waals surface area contributed by atoms with Crippen LogP contribution < -0.4 is 5.69 Å². The highest BCUT2D eigenvalue weighted by Crippen LogP contribution is 2.24. The maximum absolute atomic E-state index is 13.3. The third-order valence-corrected chi connectivity index (χ3v) is 6.97. The van der Waals surface area contributed by atoms with Gasteiger partial charge in [0, 0.05) is 30.7 Å². The molecule has 1 fully saturated rings. The summed E-state index contributed by atoms with van der Waals surface area (Å²) in [6, 6.07) is 12.6. The van der Waals surface area contributed by atoms with E-state index in [4.69, 9.17) is 11.6 Å². The number of halogens is 4. The van der Waals surface area contributed by atoms with Crippen molar-refractivity contribution in [3.05, 3.63) is 81.8 Å². The smallest absolute Gasteiger partial charge is 0.382 e. The summed E-state index contributed by atoms with van der Waals surface area (Å²) in [6.45, 7) is -0.684. The van der Waals surface area contributed by atoms with Crippen LogP contribution in [0.2, 0.25) is 5.02 Å². The lowest BCUT2D eigenvalue weighted by Gasteiger charge is -2.32. The largest absolute Gasteiger partial charge is 0.416 e.